The SMILES string of the molecule is CCc1cc(Cl)cc(CC)c1NC(=O)NSc1ccn(C(C)C)n1. The highest BCUT2D eigenvalue weighted by Gasteiger charge is 2.12. The summed E-state index contributed by atoms with van der Waals surface area (Å²) < 4.78 is 4.63. The molecule has 0 spiro atoms. The van der Waals surface area contributed by atoms with E-state index in [9.17, 15) is 4.79 Å². The fraction of sp³-hybridized carbons (Fsp3) is 0.412. The number of urea groups is 1. The van der Waals surface area contributed by atoms with E-state index in [2.05, 4.69) is 29.0 Å². The van der Waals surface area contributed by atoms with Gasteiger partial charge >= 0.3 is 6.03 Å². The van der Waals surface area contributed by atoms with Crippen LogP contribution >= 0.6 is 23.5 Å². The summed E-state index contributed by atoms with van der Waals surface area (Å²) in [6.45, 7) is 8.20. The van der Waals surface area contributed by atoms with Crippen LogP contribution in [-0.2, 0) is 12.8 Å². The summed E-state index contributed by atoms with van der Waals surface area (Å²) in [6.07, 6.45) is 3.50. The molecule has 7 heteroatoms. The summed E-state index contributed by atoms with van der Waals surface area (Å²) in [4.78, 5) is 12.2. The molecule has 0 fully saturated rings. The van der Waals surface area contributed by atoms with Crippen molar-refractivity contribution in [1.82, 2.24) is 14.5 Å². The van der Waals surface area contributed by atoms with Crippen LogP contribution in [0.15, 0.2) is 29.4 Å². The molecule has 2 amide bonds. The fourth-order valence-corrected chi connectivity index (χ4v) is 3.12. The lowest BCUT2D eigenvalue weighted by Crippen LogP contribution is -2.24. The van der Waals surface area contributed by atoms with Crippen LogP contribution in [0.4, 0.5) is 10.5 Å². The molecule has 1 heterocycles. The Morgan fingerprint density at radius 3 is 2.42 bits per heavy atom. The van der Waals surface area contributed by atoms with E-state index in [1.54, 1.807) is 0 Å². The van der Waals surface area contributed by atoms with Gasteiger partial charge in [0.25, 0.3) is 0 Å². The van der Waals surface area contributed by atoms with Crippen molar-refractivity contribution in [3.05, 3.63) is 40.5 Å². The highest BCUT2D eigenvalue weighted by atomic mass is 35.5. The van der Waals surface area contributed by atoms with Gasteiger partial charge in [0.05, 0.1) is 0 Å². The smallest absolute Gasteiger partial charge is 0.307 e. The van der Waals surface area contributed by atoms with E-state index >= 15 is 0 Å². The summed E-state index contributed by atoms with van der Waals surface area (Å²) in [6, 6.07) is 5.69. The lowest BCUT2D eigenvalue weighted by atomic mass is 10.0. The molecule has 5 nitrogen and oxygen atoms in total. The molecule has 2 aromatic rings. The quantitative estimate of drug-likeness (QED) is 0.701. The number of amides is 2. The summed E-state index contributed by atoms with van der Waals surface area (Å²) in [5.74, 6) is 0. The number of rotatable bonds is 6. The second-order valence-corrected chi connectivity index (χ2v) is 6.96. The fourth-order valence-electron chi connectivity index (χ4n) is 2.34. The zero-order valence-electron chi connectivity index (χ0n) is 14.4. The first-order valence-corrected chi connectivity index (χ1v) is 9.24. The Hall–Kier alpha value is -1.66. The molecule has 24 heavy (non-hydrogen) atoms. The maximum atomic E-state index is 12.2. The number of hydrogen-bond acceptors (Lipinski definition) is 3. The van der Waals surface area contributed by atoms with Gasteiger partial charge in [0.2, 0.25) is 0 Å². The third-order valence-corrected chi connectivity index (χ3v) is 4.56. The van der Waals surface area contributed by atoms with Crippen molar-refractivity contribution in [3.8, 4) is 0 Å². The second-order valence-electron chi connectivity index (χ2n) is 5.69. The lowest BCUT2D eigenvalue weighted by Gasteiger charge is -2.15. The van der Waals surface area contributed by atoms with Gasteiger partial charge in [-0.1, -0.05) is 25.4 Å². The molecule has 0 saturated heterocycles. The van der Waals surface area contributed by atoms with E-state index in [1.165, 1.54) is 11.9 Å². The molecule has 0 atom stereocenters. The third-order valence-electron chi connectivity index (χ3n) is 3.63. The minimum atomic E-state index is -0.272. The van der Waals surface area contributed by atoms with Crippen molar-refractivity contribution < 1.29 is 4.79 Å². The van der Waals surface area contributed by atoms with Gasteiger partial charge in [-0.05, 0) is 56.0 Å². The van der Waals surface area contributed by atoms with E-state index in [0.717, 1.165) is 34.7 Å². The second kappa shape index (κ2) is 8.44. The number of carbonyl (C=O) groups excluding carboxylic acids is 1. The van der Waals surface area contributed by atoms with Crippen molar-refractivity contribution >= 4 is 35.3 Å². The number of halogens is 1. The molecule has 0 aliphatic rings. The minimum Gasteiger partial charge on any atom is -0.307 e. The molecule has 1 aromatic heterocycles. The Balaban J connectivity index is 2.04. The summed E-state index contributed by atoms with van der Waals surface area (Å²) in [5.41, 5.74) is 2.90. The average molecular weight is 367 g/mol. The molecule has 0 bridgehead atoms. The van der Waals surface area contributed by atoms with Crippen LogP contribution in [0.5, 0.6) is 0 Å². The molecule has 0 unspecified atom stereocenters. The van der Waals surface area contributed by atoms with Crippen LogP contribution in [-0.4, -0.2) is 15.8 Å². The highest BCUT2D eigenvalue weighted by molar-refractivity contribution is 7.97. The molecular weight excluding hydrogens is 344 g/mol. The molecular formula is C17H23ClN4OS. The van der Waals surface area contributed by atoms with E-state index < -0.39 is 0 Å². The van der Waals surface area contributed by atoms with Crippen LogP contribution in [0.2, 0.25) is 5.02 Å². The zero-order chi connectivity index (χ0) is 17.7. The molecule has 130 valence electrons. The first-order chi connectivity index (χ1) is 11.4. The number of benzene rings is 1. The Kier molecular flexibility index (Phi) is 6.57. The van der Waals surface area contributed by atoms with Gasteiger partial charge in [-0.25, -0.2) is 4.79 Å². The van der Waals surface area contributed by atoms with Gasteiger partial charge in [0.15, 0.2) is 0 Å². The molecule has 0 aliphatic heterocycles. The first-order valence-electron chi connectivity index (χ1n) is 8.04. The number of anilines is 1. The Morgan fingerprint density at radius 1 is 1.29 bits per heavy atom. The minimum absolute atomic E-state index is 0.272. The normalized spacial score (nSPS) is 10.9. The van der Waals surface area contributed by atoms with Gasteiger partial charge in [0, 0.05) is 34.9 Å². The number of aryl methyl sites for hydroxylation is 2. The van der Waals surface area contributed by atoms with E-state index in [0.29, 0.717) is 11.1 Å². The lowest BCUT2D eigenvalue weighted by molar-refractivity contribution is 0.257. The largest absolute Gasteiger partial charge is 0.329 e. The van der Waals surface area contributed by atoms with Crippen LogP contribution in [0.1, 0.15) is 44.9 Å². The van der Waals surface area contributed by atoms with E-state index in [-0.39, 0.29) is 6.03 Å². The van der Waals surface area contributed by atoms with E-state index in [1.807, 2.05) is 42.9 Å². The number of nitrogens with one attached hydrogen (secondary N) is 2. The predicted octanol–water partition coefficient (Wildman–Crippen LogP) is 5.07. The summed E-state index contributed by atoms with van der Waals surface area (Å²) in [7, 11) is 0. The molecule has 2 N–H and O–H groups in total. The van der Waals surface area contributed by atoms with Crippen LogP contribution in [0, 0.1) is 0 Å². The number of nitrogens with zero attached hydrogens (tertiary/aromatic N) is 2. The Morgan fingerprint density at radius 2 is 1.92 bits per heavy atom. The monoisotopic (exact) mass is 366 g/mol. The van der Waals surface area contributed by atoms with E-state index in [4.69, 9.17) is 11.6 Å². The van der Waals surface area contributed by atoms with Crippen molar-refractivity contribution in [2.75, 3.05) is 5.32 Å². The van der Waals surface area contributed by atoms with Crippen LogP contribution < -0.4 is 10.0 Å². The molecule has 0 saturated carbocycles. The topological polar surface area (TPSA) is 59.0 Å². The third kappa shape index (κ3) is 4.68. The van der Waals surface area contributed by atoms with Gasteiger partial charge in [-0.15, -0.1) is 0 Å². The van der Waals surface area contributed by atoms with Gasteiger partial charge in [0.1, 0.15) is 5.03 Å². The number of hydrogen-bond donors (Lipinski definition) is 2. The van der Waals surface area contributed by atoms with Crippen molar-refractivity contribution in [1.29, 1.82) is 0 Å². The highest BCUT2D eigenvalue weighted by Crippen LogP contribution is 2.27. The Labute approximate surface area is 152 Å². The maximum Gasteiger partial charge on any atom is 0.329 e. The summed E-state index contributed by atoms with van der Waals surface area (Å²) in [5, 5.41) is 8.78. The first kappa shape index (κ1) is 18.7. The van der Waals surface area contributed by atoms with Crippen LogP contribution in [0.3, 0.4) is 0 Å². The maximum absolute atomic E-state index is 12.2. The Bertz CT molecular complexity index is 689. The standard InChI is InChI=1S/C17H23ClN4OS/c1-5-12-9-14(18)10-13(6-2)16(12)19-17(23)21-24-15-7-8-22(20-15)11(3)4/h7-11H,5-6H2,1-4H3,(H2,19,21,23). The zero-order valence-corrected chi connectivity index (χ0v) is 16.0. The van der Waals surface area contributed by atoms with Gasteiger partial charge in [-0.2, -0.15) is 5.10 Å². The predicted molar refractivity (Wildman–Crippen MR) is 101 cm³/mol. The average Bonchev–Trinajstić information content (AvgIpc) is 3.03. The summed E-state index contributed by atoms with van der Waals surface area (Å²) >= 11 is 7.34. The number of aromatic nitrogens is 2. The van der Waals surface area contributed by atoms with Gasteiger partial charge < -0.3 is 5.32 Å². The molecule has 2 rings (SSSR count). The molecule has 0 radical (unpaired) electrons. The molecule has 0 aliphatic carbocycles. The number of carbonyl (C=O) groups is 1. The van der Waals surface area contributed by atoms with Gasteiger partial charge in [-0.3, -0.25) is 9.40 Å². The van der Waals surface area contributed by atoms with Crippen molar-refractivity contribution in [2.24, 2.45) is 0 Å². The molecule has 1 aromatic carbocycles. The van der Waals surface area contributed by atoms with Crippen molar-refractivity contribution in [2.45, 2.75) is 51.6 Å². The van der Waals surface area contributed by atoms with Crippen LogP contribution in [0.25, 0.3) is 0 Å². The van der Waals surface area contributed by atoms with Crippen molar-refractivity contribution in [3.63, 3.8) is 0 Å².